The average molecular weight is 403 g/mol. The van der Waals surface area contributed by atoms with Crippen molar-refractivity contribution in [1.82, 2.24) is 14.8 Å². The van der Waals surface area contributed by atoms with Crippen molar-refractivity contribution in [1.29, 1.82) is 0 Å². The number of hydrogen-bond donors (Lipinski definition) is 1. The van der Waals surface area contributed by atoms with E-state index >= 15 is 0 Å². The average Bonchev–Trinajstić information content (AvgIpc) is 2.76. The predicted octanol–water partition coefficient (Wildman–Crippen LogP) is 2.04. The molecule has 0 unspecified atom stereocenters. The van der Waals surface area contributed by atoms with Crippen LogP contribution in [-0.2, 0) is 4.79 Å². The van der Waals surface area contributed by atoms with Crippen LogP contribution in [0.4, 0.5) is 0 Å². The van der Waals surface area contributed by atoms with E-state index < -0.39 is 0 Å². The molecule has 3 heterocycles. The van der Waals surface area contributed by atoms with Gasteiger partial charge in [0.25, 0.3) is 5.91 Å². The summed E-state index contributed by atoms with van der Waals surface area (Å²) in [5.41, 5.74) is 2.54. The molecule has 2 saturated heterocycles. The molecule has 1 aromatic heterocycles. The molecule has 30 heavy (non-hydrogen) atoms. The van der Waals surface area contributed by atoms with Crippen molar-refractivity contribution < 1.29 is 14.7 Å². The van der Waals surface area contributed by atoms with Crippen LogP contribution in [0.1, 0.15) is 47.2 Å². The molecular weight excluding hydrogens is 378 g/mol. The minimum absolute atomic E-state index is 0.00959. The van der Waals surface area contributed by atoms with Gasteiger partial charge in [-0.25, -0.2) is 0 Å². The van der Waals surface area contributed by atoms with Crippen molar-refractivity contribution in [3.8, 4) is 11.8 Å². The van der Waals surface area contributed by atoms with Gasteiger partial charge in [-0.15, -0.1) is 0 Å². The van der Waals surface area contributed by atoms with Gasteiger partial charge in [0, 0.05) is 42.4 Å². The highest BCUT2D eigenvalue weighted by molar-refractivity contribution is 5.97. The fourth-order valence-electron chi connectivity index (χ4n) is 4.41. The number of carbonyl (C=O) groups excluding carboxylic acids is 2. The number of pyridine rings is 1. The number of benzene rings is 1. The summed E-state index contributed by atoms with van der Waals surface area (Å²) in [6, 6.07) is 10.9. The largest absolute Gasteiger partial charge is 0.394 e. The summed E-state index contributed by atoms with van der Waals surface area (Å²) in [4.78, 5) is 32.9. The number of amides is 2. The van der Waals surface area contributed by atoms with Crippen LogP contribution in [0.2, 0.25) is 0 Å². The molecule has 2 aliphatic rings. The number of piperazine rings is 1. The zero-order valence-corrected chi connectivity index (χ0v) is 17.0. The van der Waals surface area contributed by atoms with Crippen molar-refractivity contribution in [2.75, 3.05) is 19.7 Å². The quantitative estimate of drug-likeness (QED) is 0.793. The second kappa shape index (κ2) is 8.68. The maximum Gasteiger partial charge on any atom is 0.254 e. The zero-order chi connectivity index (χ0) is 21.1. The molecule has 6 heteroatoms. The van der Waals surface area contributed by atoms with Gasteiger partial charge in [-0.05, 0) is 36.2 Å². The van der Waals surface area contributed by atoms with E-state index in [0.717, 1.165) is 24.0 Å². The van der Waals surface area contributed by atoms with E-state index in [0.29, 0.717) is 12.1 Å². The molecule has 1 aromatic carbocycles. The van der Waals surface area contributed by atoms with Crippen LogP contribution in [-0.4, -0.2) is 63.5 Å². The van der Waals surface area contributed by atoms with Gasteiger partial charge in [-0.1, -0.05) is 30.9 Å². The first kappa shape index (κ1) is 20.1. The van der Waals surface area contributed by atoms with Crippen molar-refractivity contribution >= 4 is 11.8 Å². The molecule has 6 nitrogen and oxygen atoms in total. The molecular formula is C24H25N3O3. The molecule has 2 aromatic rings. The SMILES string of the molecule is CCCC#Cc1ccc([C@H]2[C@@H](CO)N3C(=O)CN(C(=O)c4ccncc4)C[C@H]23)cc1. The second-order valence-corrected chi connectivity index (χ2v) is 7.74. The number of fused-ring (bicyclic) bond motifs is 1. The predicted molar refractivity (Wildman–Crippen MR) is 113 cm³/mol. The number of rotatable bonds is 4. The Bertz CT molecular complexity index is 978. The van der Waals surface area contributed by atoms with Gasteiger partial charge >= 0.3 is 0 Å². The van der Waals surface area contributed by atoms with Crippen LogP contribution in [0, 0.1) is 11.8 Å². The Hall–Kier alpha value is -3.17. The molecule has 0 spiro atoms. The summed E-state index contributed by atoms with van der Waals surface area (Å²) in [6.45, 7) is 2.49. The van der Waals surface area contributed by atoms with Gasteiger partial charge in [-0.2, -0.15) is 0 Å². The van der Waals surface area contributed by atoms with Gasteiger partial charge in [0.2, 0.25) is 5.91 Å². The molecule has 154 valence electrons. The number of aromatic nitrogens is 1. The second-order valence-electron chi connectivity index (χ2n) is 7.74. The number of carbonyl (C=O) groups is 2. The maximum absolute atomic E-state index is 12.8. The molecule has 3 atom stereocenters. The fourth-order valence-corrected chi connectivity index (χ4v) is 4.41. The number of aliphatic hydroxyl groups is 1. The number of nitrogens with zero attached hydrogens (tertiary/aromatic N) is 3. The lowest BCUT2D eigenvalue weighted by atomic mass is 9.73. The highest BCUT2D eigenvalue weighted by Gasteiger charge is 2.54. The van der Waals surface area contributed by atoms with E-state index in [1.165, 1.54) is 0 Å². The molecule has 0 radical (unpaired) electrons. The minimum atomic E-state index is -0.252. The zero-order valence-electron chi connectivity index (χ0n) is 17.0. The maximum atomic E-state index is 12.8. The van der Waals surface area contributed by atoms with E-state index in [-0.39, 0.29) is 43.0 Å². The lowest BCUT2D eigenvalue weighted by molar-refractivity contribution is -0.159. The summed E-state index contributed by atoms with van der Waals surface area (Å²) in [7, 11) is 0. The molecule has 2 aliphatic heterocycles. The van der Waals surface area contributed by atoms with E-state index in [2.05, 4.69) is 23.7 Å². The molecule has 0 bridgehead atoms. The molecule has 2 amide bonds. The lowest BCUT2D eigenvalue weighted by Gasteiger charge is -2.58. The monoisotopic (exact) mass is 403 g/mol. The van der Waals surface area contributed by atoms with Gasteiger partial charge in [-0.3, -0.25) is 14.6 Å². The molecule has 4 rings (SSSR count). The Balaban J connectivity index is 1.54. The minimum Gasteiger partial charge on any atom is -0.394 e. The van der Waals surface area contributed by atoms with Crippen molar-refractivity contribution in [2.24, 2.45) is 0 Å². The first-order valence-corrected chi connectivity index (χ1v) is 10.3. The number of hydrogen-bond acceptors (Lipinski definition) is 4. The van der Waals surface area contributed by atoms with Crippen LogP contribution in [0.5, 0.6) is 0 Å². The summed E-state index contributed by atoms with van der Waals surface area (Å²) in [6.07, 6.45) is 5.05. The van der Waals surface area contributed by atoms with Crippen molar-refractivity contribution in [3.63, 3.8) is 0 Å². The first-order valence-electron chi connectivity index (χ1n) is 10.3. The normalized spacial score (nSPS) is 22.6. The Morgan fingerprint density at radius 3 is 2.60 bits per heavy atom. The van der Waals surface area contributed by atoms with Crippen LogP contribution >= 0.6 is 0 Å². The third kappa shape index (κ3) is 3.69. The van der Waals surface area contributed by atoms with Crippen LogP contribution in [0.25, 0.3) is 0 Å². The lowest BCUT2D eigenvalue weighted by Crippen LogP contribution is -2.73. The van der Waals surface area contributed by atoms with Crippen molar-refractivity contribution in [2.45, 2.75) is 37.8 Å². The highest BCUT2D eigenvalue weighted by Crippen LogP contribution is 2.43. The standard InChI is InChI=1S/C24H25N3O3/c1-2-3-4-5-17-6-8-18(9-7-17)23-20-14-26(15-22(29)27(20)21(23)16-28)24(30)19-10-12-25-13-11-19/h6-13,20-21,23,28H,2-3,14-16H2,1H3/t20-,21-,23-/m1/s1. The van der Waals surface area contributed by atoms with E-state index in [9.17, 15) is 14.7 Å². The number of aliphatic hydroxyl groups excluding tert-OH is 1. The molecule has 0 aliphatic carbocycles. The molecule has 1 N–H and O–H groups in total. The Labute approximate surface area is 176 Å². The first-order chi connectivity index (χ1) is 14.6. The van der Waals surface area contributed by atoms with E-state index in [4.69, 9.17) is 0 Å². The Kier molecular flexibility index (Phi) is 5.82. The van der Waals surface area contributed by atoms with Crippen LogP contribution < -0.4 is 0 Å². The number of unbranched alkanes of at least 4 members (excludes halogenated alkanes) is 1. The molecule has 0 saturated carbocycles. The van der Waals surface area contributed by atoms with Crippen molar-refractivity contribution in [3.05, 3.63) is 65.5 Å². The fraction of sp³-hybridized carbons (Fsp3) is 0.375. The summed E-state index contributed by atoms with van der Waals surface area (Å²) < 4.78 is 0. The molecule has 2 fully saturated rings. The van der Waals surface area contributed by atoms with E-state index in [1.54, 1.807) is 34.3 Å². The van der Waals surface area contributed by atoms with Crippen LogP contribution in [0.15, 0.2) is 48.8 Å². The van der Waals surface area contributed by atoms with Gasteiger partial charge in [0.15, 0.2) is 0 Å². The summed E-state index contributed by atoms with van der Waals surface area (Å²) in [5.74, 6) is 6.00. The van der Waals surface area contributed by atoms with Crippen LogP contribution in [0.3, 0.4) is 0 Å². The van der Waals surface area contributed by atoms with Gasteiger partial charge < -0.3 is 14.9 Å². The third-order valence-corrected chi connectivity index (χ3v) is 5.87. The smallest absolute Gasteiger partial charge is 0.254 e. The topological polar surface area (TPSA) is 73.7 Å². The van der Waals surface area contributed by atoms with Gasteiger partial charge in [0.1, 0.15) is 6.54 Å². The summed E-state index contributed by atoms with van der Waals surface area (Å²) in [5, 5.41) is 9.92. The Morgan fingerprint density at radius 1 is 1.20 bits per heavy atom. The van der Waals surface area contributed by atoms with Gasteiger partial charge in [0.05, 0.1) is 18.7 Å². The summed E-state index contributed by atoms with van der Waals surface area (Å²) >= 11 is 0. The van der Waals surface area contributed by atoms with E-state index in [1.807, 2.05) is 24.3 Å². The Morgan fingerprint density at radius 2 is 1.93 bits per heavy atom. The third-order valence-electron chi connectivity index (χ3n) is 5.87. The highest BCUT2D eigenvalue weighted by atomic mass is 16.3.